The van der Waals surface area contributed by atoms with Crippen LogP contribution in [0.2, 0.25) is 0 Å². The Balaban J connectivity index is 2.36. The van der Waals surface area contributed by atoms with Crippen molar-refractivity contribution in [1.82, 2.24) is 19.3 Å². The van der Waals surface area contributed by atoms with Crippen LogP contribution in [-0.4, -0.2) is 19.3 Å². The fourth-order valence-electron chi connectivity index (χ4n) is 1.83. The molecular weight excluding hydrogens is 239 g/mol. The summed E-state index contributed by atoms with van der Waals surface area (Å²) in [5.74, 6) is 0.428. The van der Waals surface area contributed by atoms with Crippen LogP contribution in [0.5, 0.6) is 0 Å². The van der Waals surface area contributed by atoms with Gasteiger partial charge in [-0.25, -0.2) is 4.39 Å². The van der Waals surface area contributed by atoms with E-state index >= 15 is 0 Å². The highest BCUT2D eigenvalue weighted by Crippen LogP contribution is 2.19. The summed E-state index contributed by atoms with van der Waals surface area (Å²) in [6.45, 7) is 0. The molecule has 0 bridgehead atoms. The second kappa shape index (κ2) is 3.53. The number of aryl methyl sites for hydroxylation is 1. The lowest BCUT2D eigenvalue weighted by Gasteiger charge is -1.99. The Morgan fingerprint density at radius 2 is 2.18 bits per heavy atom. The van der Waals surface area contributed by atoms with Gasteiger partial charge in [-0.3, -0.25) is 9.25 Å². The van der Waals surface area contributed by atoms with E-state index < -0.39 is 0 Å². The number of hydrogen-bond acceptors (Lipinski definition) is 2. The fourth-order valence-corrected chi connectivity index (χ4v) is 2.14. The lowest BCUT2D eigenvalue weighted by Crippen LogP contribution is -1.97. The molecule has 2 aromatic heterocycles. The van der Waals surface area contributed by atoms with Gasteiger partial charge >= 0.3 is 0 Å². The summed E-state index contributed by atoms with van der Waals surface area (Å²) in [5.41, 5.74) is 1.48. The lowest BCUT2D eigenvalue weighted by atomic mass is 10.3. The van der Waals surface area contributed by atoms with Crippen LogP contribution < -0.4 is 0 Å². The van der Waals surface area contributed by atoms with Crippen molar-refractivity contribution in [2.45, 2.75) is 0 Å². The molecule has 0 saturated carbocycles. The van der Waals surface area contributed by atoms with E-state index in [2.05, 4.69) is 10.1 Å². The second-order valence-electron chi connectivity index (χ2n) is 3.77. The smallest absolute Gasteiger partial charge is 0.184 e. The molecule has 6 heteroatoms. The van der Waals surface area contributed by atoms with Crippen LogP contribution in [0.3, 0.4) is 0 Å². The molecule has 4 nitrogen and oxygen atoms in total. The maximum Gasteiger partial charge on any atom is 0.184 e. The molecule has 0 amide bonds. The van der Waals surface area contributed by atoms with Crippen molar-refractivity contribution in [3.8, 4) is 5.82 Å². The van der Waals surface area contributed by atoms with E-state index in [4.69, 9.17) is 12.2 Å². The topological polar surface area (TPSA) is 38.5 Å². The van der Waals surface area contributed by atoms with Crippen molar-refractivity contribution in [2.75, 3.05) is 0 Å². The summed E-state index contributed by atoms with van der Waals surface area (Å²) < 4.78 is 17.1. The van der Waals surface area contributed by atoms with Crippen LogP contribution >= 0.6 is 12.2 Å². The quantitative estimate of drug-likeness (QED) is 0.672. The van der Waals surface area contributed by atoms with E-state index in [9.17, 15) is 4.39 Å². The number of fused-ring (bicyclic) bond motifs is 1. The molecule has 0 spiro atoms. The van der Waals surface area contributed by atoms with E-state index in [1.54, 1.807) is 15.3 Å². The highest BCUT2D eigenvalue weighted by atomic mass is 32.1. The van der Waals surface area contributed by atoms with Crippen LogP contribution in [0.15, 0.2) is 30.5 Å². The van der Waals surface area contributed by atoms with Gasteiger partial charge in [0.25, 0.3) is 0 Å². The van der Waals surface area contributed by atoms with Crippen molar-refractivity contribution in [3.05, 3.63) is 41.1 Å². The predicted octanol–water partition coefficient (Wildman–Crippen LogP) is 2.56. The van der Waals surface area contributed by atoms with Gasteiger partial charge in [-0.15, -0.1) is 0 Å². The number of nitrogens with zero attached hydrogens (tertiary/aromatic N) is 3. The third-order valence-electron chi connectivity index (χ3n) is 2.57. The largest absolute Gasteiger partial charge is 0.330 e. The molecule has 0 aliphatic carbocycles. The van der Waals surface area contributed by atoms with E-state index in [0.29, 0.717) is 10.3 Å². The fraction of sp³-hybridized carbons (Fsp3) is 0.0909. The van der Waals surface area contributed by atoms with Gasteiger partial charge in [0.15, 0.2) is 10.6 Å². The Hall–Kier alpha value is -1.95. The van der Waals surface area contributed by atoms with Crippen molar-refractivity contribution < 1.29 is 4.39 Å². The van der Waals surface area contributed by atoms with Crippen LogP contribution in [0.1, 0.15) is 0 Å². The average molecular weight is 248 g/mol. The first kappa shape index (κ1) is 10.2. The Morgan fingerprint density at radius 3 is 2.88 bits per heavy atom. The number of aromatic amines is 1. The molecule has 1 N–H and O–H groups in total. The minimum Gasteiger partial charge on any atom is -0.330 e. The number of imidazole rings is 1. The maximum atomic E-state index is 13.1. The summed E-state index contributed by atoms with van der Waals surface area (Å²) in [6, 6.07) is 6.37. The van der Waals surface area contributed by atoms with E-state index in [-0.39, 0.29) is 5.82 Å². The Morgan fingerprint density at radius 1 is 1.35 bits per heavy atom. The highest BCUT2D eigenvalue weighted by Gasteiger charge is 2.08. The normalized spacial score (nSPS) is 11.2. The van der Waals surface area contributed by atoms with Crippen LogP contribution in [0.4, 0.5) is 4.39 Å². The summed E-state index contributed by atoms with van der Waals surface area (Å²) in [4.78, 5) is 2.96. The number of hydrogen-bond donors (Lipinski definition) is 1. The lowest BCUT2D eigenvalue weighted by molar-refractivity contribution is 0.629. The summed E-state index contributed by atoms with van der Waals surface area (Å²) >= 11 is 5.22. The SMILES string of the molecule is Cn1ccc(-n2c(=S)[nH]c3cc(F)ccc32)n1. The van der Waals surface area contributed by atoms with Crippen molar-refractivity contribution in [3.63, 3.8) is 0 Å². The Labute approximate surface area is 101 Å². The molecule has 3 aromatic rings. The summed E-state index contributed by atoms with van der Waals surface area (Å²) in [7, 11) is 1.83. The molecule has 0 unspecified atom stereocenters. The second-order valence-corrected chi connectivity index (χ2v) is 4.16. The molecule has 17 heavy (non-hydrogen) atoms. The first-order valence-corrected chi connectivity index (χ1v) is 5.46. The molecule has 86 valence electrons. The number of H-pyrrole nitrogens is 1. The highest BCUT2D eigenvalue weighted by molar-refractivity contribution is 7.71. The molecule has 3 rings (SSSR count). The van der Waals surface area contributed by atoms with Gasteiger partial charge in [0, 0.05) is 19.3 Å². The molecule has 1 aromatic carbocycles. The van der Waals surface area contributed by atoms with Gasteiger partial charge in [0.05, 0.1) is 11.0 Å². The zero-order chi connectivity index (χ0) is 12.0. The molecule has 0 fully saturated rings. The standard InChI is InChI=1S/C11H9FN4S/c1-15-5-4-10(14-15)16-9-3-2-7(12)6-8(9)13-11(16)17/h2-6H,1H3,(H,13,17). The third kappa shape index (κ3) is 1.57. The number of benzene rings is 1. The van der Waals surface area contributed by atoms with Gasteiger partial charge in [-0.1, -0.05) is 0 Å². The van der Waals surface area contributed by atoms with Gasteiger partial charge in [-0.05, 0) is 30.4 Å². The van der Waals surface area contributed by atoms with Crippen LogP contribution in [0, 0.1) is 10.6 Å². The number of nitrogens with one attached hydrogen (secondary N) is 1. The van der Waals surface area contributed by atoms with Gasteiger partial charge in [0.2, 0.25) is 0 Å². The molecule has 0 atom stereocenters. The van der Waals surface area contributed by atoms with Crippen LogP contribution in [0.25, 0.3) is 16.9 Å². The van der Waals surface area contributed by atoms with E-state index in [1.165, 1.54) is 12.1 Å². The maximum absolute atomic E-state index is 13.1. The number of rotatable bonds is 1. The molecule has 2 heterocycles. The van der Waals surface area contributed by atoms with Gasteiger partial charge in [-0.2, -0.15) is 5.10 Å². The van der Waals surface area contributed by atoms with Gasteiger partial charge < -0.3 is 4.98 Å². The predicted molar refractivity (Wildman–Crippen MR) is 65.2 cm³/mol. The first-order valence-electron chi connectivity index (χ1n) is 5.05. The minimum absolute atomic E-state index is 0.290. The summed E-state index contributed by atoms with van der Waals surface area (Å²) in [5, 5.41) is 4.29. The van der Waals surface area contributed by atoms with Crippen LogP contribution in [-0.2, 0) is 7.05 Å². The van der Waals surface area contributed by atoms with Crippen molar-refractivity contribution >= 4 is 23.3 Å². The van der Waals surface area contributed by atoms with E-state index in [0.717, 1.165) is 11.3 Å². The molecule has 0 saturated heterocycles. The van der Waals surface area contributed by atoms with Gasteiger partial charge in [0.1, 0.15) is 5.82 Å². The third-order valence-corrected chi connectivity index (χ3v) is 2.86. The van der Waals surface area contributed by atoms with Crippen molar-refractivity contribution in [2.24, 2.45) is 7.05 Å². The number of aromatic nitrogens is 4. The number of halogens is 1. The zero-order valence-electron chi connectivity index (χ0n) is 9.01. The minimum atomic E-state index is -0.290. The Bertz CT molecular complexity index is 752. The van der Waals surface area contributed by atoms with Crippen molar-refractivity contribution in [1.29, 1.82) is 0 Å². The Kier molecular flexibility index (Phi) is 2.12. The average Bonchev–Trinajstić information content (AvgIpc) is 2.80. The monoisotopic (exact) mass is 248 g/mol. The molecular formula is C11H9FN4S. The summed E-state index contributed by atoms with van der Waals surface area (Å²) in [6.07, 6.45) is 1.83. The molecule has 0 aliphatic rings. The first-order chi connectivity index (χ1) is 8.15. The zero-order valence-corrected chi connectivity index (χ0v) is 9.83. The molecule has 0 aliphatic heterocycles. The molecule has 0 radical (unpaired) electrons. The van der Waals surface area contributed by atoms with E-state index in [1.807, 2.05) is 19.3 Å².